The molecule has 2 aromatic rings. The first-order valence-corrected chi connectivity index (χ1v) is 12.8. The molecule has 0 saturated carbocycles. The number of carbonyl (C=O) groups is 2. The Labute approximate surface area is 218 Å². The van der Waals surface area contributed by atoms with Crippen molar-refractivity contribution in [1.29, 1.82) is 0 Å². The van der Waals surface area contributed by atoms with Crippen molar-refractivity contribution in [3.63, 3.8) is 0 Å². The molecule has 2 aromatic carbocycles. The van der Waals surface area contributed by atoms with Gasteiger partial charge in [0.05, 0.1) is 13.2 Å². The number of amides is 2. The van der Waals surface area contributed by atoms with E-state index in [0.717, 1.165) is 30.4 Å². The zero-order chi connectivity index (χ0) is 26.9. The highest BCUT2D eigenvalue weighted by Crippen LogP contribution is 2.15. The third kappa shape index (κ3) is 12.1. The summed E-state index contributed by atoms with van der Waals surface area (Å²) in [5.74, 6) is -0.693. The second-order valence-corrected chi connectivity index (χ2v) is 8.57. The maximum Gasteiger partial charge on any atom is 0.333 e. The number of hydrogen-bond acceptors (Lipinski definition) is 5. The van der Waals surface area contributed by atoms with Gasteiger partial charge in [0, 0.05) is 32.7 Å². The van der Waals surface area contributed by atoms with E-state index < -0.39 is 12.1 Å². The van der Waals surface area contributed by atoms with Gasteiger partial charge in [0.25, 0.3) is 0 Å². The summed E-state index contributed by atoms with van der Waals surface area (Å²) in [6.07, 6.45) is 2.60. The lowest BCUT2D eigenvalue weighted by Gasteiger charge is -2.23. The van der Waals surface area contributed by atoms with Crippen LogP contribution in [0.25, 0.3) is 0 Å². The molecule has 204 valence electrons. The number of urea groups is 1. The minimum absolute atomic E-state index is 0.254. The van der Waals surface area contributed by atoms with Gasteiger partial charge < -0.3 is 29.5 Å². The Morgan fingerprint density at radius 1 is 0.946 bits per heavy atom. The van der Waals surface area contributed by atoms with Crippen LogP contribution in [0.2, 0.25) is 0 Å². The van der Waals surface area contributed by atoms with Gasteiger partial charge in [-0.15, -0.1) is 0 Å². The van der Waals surface area contributed by atoms with Crippen LogP contribution in [0.1, 0.15) is 44.2 Å². The van der Waals surface area contributed by atoms with Crippen LogP contribution in [0.3, 0.4) is 0 Å². The molecule has 1 atom stereocenters. The smallest absolute Gasteiger partial charge is 0.333 e. The monoisotopic (exact) mass is 518 g/mol. The van der Waals surface area contributed by atoms with E-state index in [0.29, 0.717) is 38.7 Å². The van der Waals surface area contributed by atoms with Crippen molar-refractivity contribution in [3.05, 3.63) is 65.5 Å². The molecular formula is C28H39FN2O6. The molecule has 0 fully saturated rings. The molecule has 9 heteroatoms. The molecular weight excluding hydrogens is 479 g/mol. The molecule has 0 bridgehead atoms. The van der Waals surface area contributed by atoms with E-state index in [-0.39, 0.29) is 31.4 Å². The number of ether oxygens (including phenoxy) is 3. The number of halogens is 1. The number of unbranched alkanes of at least 4 members (excludes halogenated alkanes) is 2. The lowest BCUT2D eigenvalue weighted by molar-refractivity contribution is -0.149. The maximum atomic E-state index is 13.1. The van der Waals surface area contributed by atoms with E-state index >= 15 is 0 Å². The summed E-state index contributed by atoms with van der Waals surface area (Å²) in [7, 11) is 0. The minimum atomic E-state index is -0.991. The van der Waals surface area contributed by atoms with Gasteiger partial charge in [-0.2, -0.15) is 0 Å². The van der Waals surface area contributed by atoms with Crippen molar-refractivity contribution < 1.29 is 33.3 Å². The van der Waals surface area contributed by atoms with Crippen molar-refractivity contribution in [1.82, 2.24) is 10.2 Å². The average molecular weight is 519 g/mol. The molecule has 0 radical (unpaired) electrons. The van der Waals surface area contributed by atoms with E-state index in [2.05, 4.69) is 12.2 Å². The molecule has 1 unspecified atom stereocenters. The lowest BCUT2D eigenvalue weighted by atomic mass is 10.1. The van der Waals surface area contributed by atoms with E-state index in [1.54, 1.807) is 36.1 Å². The van der Waals surface area contributed by atoms with Crippen LogP contribution >= 0.6 is 0 Å². The summed E-state index contributed by atoms with van der Waals surface area (Å²) >= 11 is 0. The number of rotatable bonds is 18. The number of carbonyl (C=O) groups excluding carboxylic acids is 1. The molecule has 0 spiro atoms. The lowest BCUT2D eigenvalue weighted by Crippen LogP contribution is -2.43. The molecule has 2 rings (SSSR count). The van der Waals surface area contributed by atoms with Crippen LogP contribution in [-0.4, -0.2) is 67.6 Å². The molecule has 0 aliphatic heterocycles. The van der Waals surface area contributed by atoms with E-state index in [1.807, 2.05) is 12.1 Å². The van der Waals surface area contributed by atoms with Crippen molar-refractivity contribution in [2.45, 2.75) is 52.2 Å². The molecule has 0 heterocycles. The Bertz CT molecular complexity index is 923. The molecule has 37 heavy (non-hydrogen) atoms. The zero-order valence-electron chi connectivity index (χ0n) is 21.8. The van der Waals surface area contributed by atoms with Crippen LogP contribution in [0.4, 0.5) is 9.18 Å². The van der Waals surface area contributed by atoms with Crippen LogP contribution in [0.5, 0.6) is 5.75 Å². The summed E-state index contributed by atoms with van der Waals surface area (Å²) in [6.45, 7) is 6.63. The number of nitrogens with zero attached hydrogens (tertiary/aromatic N) is 1. The second kappa shape index (κ2) is 17.3. The molecule has 0 saturated heterocycles. The van der Waals surface area contributed by atoms with Crippen LogP contribution < -0.4 is 10.1 Å². The Hall–Kier alpha value is -3.17. The van der Waals surface area contributed by atoms with Crippen molar-refractivity contribution in [2.75, 3.05) is 39.5 Å². The third-order valence-corrected chi connectivity index (χ3v) is 5.66. The summed E-state index contributed by atoms with van der Waals surface area (Å²) < 4.78 is 29.9. The standard InChI is InChI=1S/C28H39FN2O6/c1-3-5-6-17-35-18-15-31(28(34)30-21-23-7-11-24(29)12-8-23)16-19-37-25-13-9-22(10-14-25)20-26(27(32)33)36-4-2/h7-14,26H,3-6,15-21H2,1-2H3,(H,30,34)(H,32,33). The van der Waals surface area contributed by atoms with E-state index in [1.165, 1.54) is 12.1 Å². The van der Waals surface area contributed by atoms with Crippen molar-refractivity contribution in [2.24, 2.45) is 0 Å². The van der Waals surface area contributed by atoms with Crippen LogP contribution in [0, 0.1) is 5.82 Å². The highest BCUT2D eigenvalue weighted by molar-refractivity contribution is 5.74. The molecule has 2 amide bonds. The maximum absolute atomic E-state index is 13.1. The van der Waals surface area contributed by atoms with Gasteiger partial charge in [-0.3, -0.25) is 0 Å². The minimum Gasteiger partial charge on any atom is -0.492 e. The van der Waals surface area contributed by atoms with Gasteiger partial charge in [-0.1, -0.05) is 44.0 Å². The Morgan fingerprint density at radius 3 is 2.27 bits per heavy atom. The summed E-state index contributed by atoms with van der Waals surface area (Å²) in [5, 5.41) is 12.1. The molecule has 2 N–H and O–H groups in total. The normalized spacial score (nSPS) is 11.6. The first-order chi connectivity index (χ1) is 17.9. The van der Waals surface area contributed by atoms with Gasteiger partial charge in [-0.05, 0) is 48.7 Å². The van der Waals surface area contributed by atoms with Crippen LogP contribution in [-0.2, 0) is 27.2 Å². The van der Waals surface area contributed by atoms with Gasteiger partial charge in [0.2, 0.25) is 0 Å². The van der Waals surface area contributed by atoms with Gasteiger partial charge >= 0.3 is 12.0 Å². The molecule has 0 aliphatic rings. The first kappa shape index (κ1) is 30.1. The molecule has 0 aliphatic carbocycles. The SMILES string of the molecule is CCCCCOCCN(CCOc1ccc(CC(OCC)C(=O)O)cc1)C(=O)NCc1ccc(F)cc1. The van der Waals surface area contributed by atoms with Crippen molar-refractivity contribution >= 4 is 12.0 Å². The highest BCUT2D eigenvalue weighted by atomic mass is 19.1. The Balaban J connectivity index is 1.86. The fourth-order valence-corrected chi connectivity index (χ4v) is 3.57. The van der Waals surface area contributed by atoms with Crippen LogP contribution in [0.15, 0.2) is 48.5 Å². The quantitative estimate of drug-likeness (QED) is 0.279. The Kier molecular flexibility index (Phi) is 14.1. The van der Waals surface area contributed by atoms with Gasteiger partial charge in [0.15, 0.2) is 6.10 Å². The predicted octanol–water partition coefficient (Wildman–Crippen LogP) is 4.66. The second-order valence-electron chi connectivity index (χ2n) is 8.57. The average Bonchev–Trinajstić information content (AvgIpc) is 2.89. The molecule has 8 nitrogen and oxygen atoms in total. The number of carboxylic acids is 1. The predicted molar refractivity (Wildman–Crippen MR) is 139 cm³/mol. The fraction of sp³-hybridized carbons (Fsp3) is 0.500. The summed E-state index contributed by atoms with van der Waals surface area (Å²) in [4.78, 5) is 25.7. The highest BCUT2D eigenvalue weighted by Gasteiger charge is 2.18. The molecule has 0 aromatic heterocycles. The summed E-state index contributed by atoms with van der Waals surface area (Å²) in [6, 6.07) is 12.9. The topological polar surface area (TPSA) is 97.3 Å². The van der Waals surface area contributed by atoms with Crippen molar-refractivity contribution in [3.8, 4) is 5.75 Å². The number of benzene rings is 2. The zero-order valence-corrected chi connectivity index (χ0v) is 21.8. The number of hydrogen-bond donors (Lipinski definition) is 2. The first-order valence-electron chi connectivity index (χ1n) is 12.8. The fourth-order valence-electron chi connectivity index (χ4n) is 3.57. The van der Waals surface area contributed by atoms with E-state index in [9.17, 15) is 19.1 Å². The van der Waals surface area contributed by atoms with Gasteiger partial charge in [-0.25, -0.2) is 14.0 Å². The number of aliphatic carboxylic acids is 1. The number of nitrogens with one attached hydrogen (secondary N) is 1. The largest absolute Gasteiger partial charge is 0.492 e. The Morgan fingerprint density at radius 2 is 1.62 bits per heavy atom. The summed E-state index contributed by atoms with van der Waals surface area (Å²) in [5.41, 5.74) is 1.63. The van der Waals surface area contributed by atoms with Gasteiger partial charge in [0.1, 0.15) is 18.2 Å². The number of carboxylic acid groups (broad SMARTS) is 1. The third-order valence-electron chi connectivity index (χ3n) is 5.66. The van der Waals surface area contributed by atoms with E-state index in [4.69, 9.17) is 14.2 Å².